The number of nitrogens with one attached hydrogen (secondary N) is 1. The Morgan fingerprint density at radius 2 is 2.06 bits per heavy atom. The lowest BCUT2D eigenvalue weighted by molar-refractivity contribution is 0.610. The number of aromatic nitrogens is 2. The fourth-order valence-electron chi connectivity index (χ4n) is 1.64. The molecule has 1 aromatic heterocycles. The molecule has 0 fully saturated rings. The van der Waals surface area contributed by atoms with Gasteiger partial charge in [-0.15, -0.1) is 0 Å². The molecular formula is C12H10ClFN2O2. The van der Waals surface area contributed by atoms with Crippen LogP contribution in [0.1, 0.15) is 5.56 Å². The van der Waals surface area contributed by atoms with Gasteiger partial charge in [0.15, 0.2) is 0 Å². The van der Waals surface area contributed by atoms with E-state index in [1.165, 1.54) is 12.1 Å². The van der Waals surface area contributed by atoms with Crippen molar-refractivity contribution in [2.24, 2.45) is 0 Å². The summed E-state index contributed by atoms with van der Waals surface area (Å²) in [5, 5.41) is 0.00649. The molecule has 2 rings (SSSR count). The highest BCUT2D eigenvalue weighted by Crippen LogP contribution is 2.04. The van der Waals surface area contributed by atoms with E-state index in [0.717, 1.165) is 16.2 Å². The van der Waals surface area contributed by atoms with Crippen LogP contribution in [-0.2, 0) is 13.0 Å². The summed E-state index contributed by atoms with van der Waals surface area (Å²) >= 11 is 5.54. The highest BCUT2D eigenvalue weighted by molar-refractivity contribution is 6.29. The second kappa shape index (κ2) is 5.18. The molecule has 18 heavy (non-hydrogen) atoms. The summed E-state index contributed by atoms with van der Waals surface area (Å²) in [5.41, 5.74) is -0.319. The lowest BCUT2D eigenvalue weighted by atomic mass is 10.1. The van der Waals surface area contributed by atoms with Crippen LogP contribution in [0.3, 0.4) is 0 Å². The van der Waals surface area contributed by atoms with Crippen molar-refractivity contribution in [1.82, 2.24) is 9.55 Å². The normalized spacial score (nSPS) is 10.6. The number of benzene rings is 1. The maximum absolute atomic E-state index is 13.0. The standard InChI is InChI=1S/C12H10ClFN2O2/c13-10-7-11(17)16(12(18)15-10)5-4-8-2-1-3-9(14)6-8/h1-3,6-7H,4-5H2,(H,15,18). The Bertz CT molecular complexity index is 647. The summed E-state index contributed by atoms with van der Waals surface area (Å²) in [5.74, 6) is -0.343. The van der Waals surface area contributed by atoms with E-state index < -0.39 is 11.2 Å². The first-order valence-corrected chi connectivity index (χ1v) is 5.68. The summed E-state index contributed by atoms with van der Waals surface area (Å²) < 4.78 is 14.0. The Balaban J connectivity index is 2.21. The molecular weight excluding hydrogens is 259 g/mol. The molecule has 0 amide bonds. The predicted octanol–water partition coefficient (Wildman–Crippen LogP) is 1.57. The maximum atomic E-state index is 13.0. The molecule has 0 aliphatic carbocycles. The zero-order valence-corrected chi connectivity index (χ0v) is 10.1. The molecule has 2 aromatic rings. The van der Waals surface area contributed by atoms with Gasteiger partial charge in [-0.1, -0.05) is 23.7 Å². The van der Waals surface area contributed by atoms with E-state index in [0.29, 0.717) is 6.42 Å². The number of aryl methyl sites for hydroxylation is 1. The number of aromatic amines is 1. The van der Waals surface area contributed by atoms with Crippen molar-refractivity contribution in [2.45, 2.75) is 13.0 Å². The largest absolute Gasteiger partial charge is 0.329 e. The molecule has 0 radical (unpaired) electrons. The summed E-state index contributed by atoms with van der Waals surface area (Å²) in [6.45, 7) is 0.175. The van der Waals surface area contributed by atoms with Crippen LogP contribution in [0.2, 0.25) is 5.15 Å². The summed E-state index contributed by atoms with van der Waals surface area (Å²) in [4.78, 5) is 25.4. The van der Waals surface area contributed by atoms with Gasteiger partial charge < -0.3 is 0 Å². The predicted molar refractivity (Wildman–Crippen MR) is 66.4 cm³/mol. The van der Waals surface area contributed by atoms with Crippen LogP contribution in [-0.4, -0.2) is 9.55 Å². The number of hydrogen-bond acceptors (Lipinski definition) is 2. The number of hydrogen-bond donors (Lipinski definition) is 1. The Hall–Kier alpha value is -1.88. The van der Waals surface area contributed by atoms with Gasteiger partial charge in [-0.2, -0.15) is 0 Å². The quantitative estimate of drug-likeness (QED) is 0.859. The van der Waals surface area contributed by atoms with Crippen LogP contribution in [0.5, 0.6) is 0 Å². The number of rotatable bonds is 3. The highest BCUT2D eigenvalue weighted by Gasteiger charge is 2.03. The van der Waals surface area contributed by atoms with E-state index in [2.05, 4.69) is 4.98 Å². The first kappa shape index (κ1) is 12.6. The van der Waals surface area contributed by atoms with Crippen LogP contribution in [0.4, 0.5) is 4.39 Å². The third-order valence-electron chi connectivity index (χ3n) is 2.50. The molecule has 0 bridgehead atoms. The molecule has 0 unspecified atom stereocenters. The Morgan fingerprint density at radius 3 is 2.72 bits per heavy atom. The molecule has 0 saturated carbocycles. The number of nitrogens with zero attached hydrogens (tertiary/aromatic N) is 1. The Morgan fingerprint density at radius 1 is 1.28 bits per heavy atom. The van der Waals surface area contributed by atoms with E-state index >= 15 is 0 Å². The molecule has 0 atom stereocenters. The Kier molecular flexibility index (Phi) is 3.62. The lowest BCUT2D eigenvalue weighted by Crippen LogP contribution is -2.35. The van der Waals surface area contributed by atoms with Crippen molar-refractivity contribution in [2.75, 3.05) is 0 Å². The van der Waals surface area contributed by atoms with Crippen LogP contribution < -0.4 is 11.2 Å². The molecule has 0 aliphatic rings. The maximum Gasteiger partial charge on any atom is 0.329 e. The first-order valence-electron chi connectivity index (χ1n) is 5.30. The summed E-state index contributed by atoms with van der Waals surface area (Å²) in [6, 6.07) is 7.16. The molecule has 0 saturated heterocycles. The molecule has 1 heterocycles. The minimum atomic E-state index is -0.566. The van der Waals surface area contributed by atoms with E-state index in [9.17, 15) is 14.0 Å². The smallest absolute Gasteiger partial charge is 0.298 e. The van der Waals surface area contributed by atoms with Gasteiger partial charge in [0, 0.05) is 12.6 Å². The zero-order valence-electron chi connectivity index (χ0n) is 9.32. The highest BCUT2D eigenvalue weighted by atomic mass is 35.5. The third kappa shape index (κ3) is 2.87. The molecule has 94 valence electrons. The molecule has 4 nitrogen and oxygen atoms in total. The van der Waals surface area contributed by atoms with Gasteiger partial charge in [0.1, 0.15) is 11.0 Å². The van der Waals surface area contributed by atoms with Crippen molar-refractivity contribution >= 4 is 11.6 Å². The van der Waals surface area contributed by atoms with Gasteiger partial charge in [0.05, 0.1) is 0 Å². The van der Waals surface area contributed by atoms with Crippen molar-refractivity contribution in [1.29, 1.82) is 0 Å². The van der Waals surface area contributed by atoms with Gasteiger partial charge in [0.2, 0.25) is 0 Å². The van der Waals surface area contributed by atoms with Crippen molar-refractivity contribution in [3.63, 3.8) is 0 Å². The Labute approximate surface area is 107 Å². The van der Waals surface area contributed by atoms with Crippen molar-refractivity contribution < 1.29 is 4.39 Å². The van der Waals surface area contributed by atoms with Gasteiger partial charge in [-0.3, -0.25) is 14.3 Å². The topological polar surface area (TPSA) is 54.9 Å². The monoisotopic (exact) mass is 268 g/mol. The molecule has 1 N–H and O–H groups in total. The van der Waals surface area contributed by atoms with E-state index in [1.807, 2.05) is 0 Å². The van der Waals surface area contributed by atoms with E-state index in [1.54, 1.807) is 12.1 Å². The fourth-order valence-corrected chi connectivity index (χ4v) is 1.81. The number of halogens is 2. The average molecular weight is 269 g/mol. The van der Waals surface area contributed by atoms with Gasteiger partial charge in [-0.05, 0) is 24.1 Å². The second-order valence-electron chi connectivity index (χ2n) is 3.79. The first-order chi connectivity index (χ1) is 8.56. The van der Waals surface area contributed by atoms with Crippen LogP contribution >= 0.6 is 11.6 Å². The van der Waals surface area contributed by atoms with Crippen molar-refractivity contribution in [3.8, 4) is 0 Å². The van der Waals surface area contributed by atoms with Crippen LogP contribution in [0.15, 0.2) is 39.9 Å². The molecule has 0 aliphatic heterocycles. The van der Waals surface area contributed by atoms with Gasteiger partial charge >= 0.3 is 5.69 Å². The van der Waals surface area contributed by atoms with Gasteiger partial charge in [0.25, 0.3) is 5.56 Å². The van der Waals surface area contributed by atoms with E-state index in [4.69, 9.17) is 11.6 Å². The third-order valence-corrected chi connectivity index (χ3v) is 2.70. The zero-order chi connectivity index (χ0) is 13.1. The summed E-state index contributed by atoms with van der Waals surface area (Å²) in [6.07, 6.45) is 0.391. The van der Waals surface area contributed by atoms with Gasteiger partial charge in [-0.25, -0.2) is 9.18 Å². The molecule has 6 heteroatoms. The fraction of sp³-hybridized carbons (Fsp3) is 0.167. The lowest BCUT2D eigenvalue weighted by Gasteiger charge is -2.04. The molecule has 1 aromatic carbocycles. The number of H-pyrrole nitrogens is 1. The second-order valence-corrected chi connectivity index (χ2v) is 4.20. The average Bonchev–Trinajstić information content (AvgIpc) is 2.27. The van der Waals surface area contributed by atoms with Crippen molar-refractivity contribution in [3.05, 3.63) is 67.7 Å². The minimum Gasteiger partial charge on any atom is -0.298 e. The molecule has 0 spiro atoms. The van der Waals surface area contributed by atoms with Crippen LogP contribution in [0.25, 0.3) is 0 Å². The van der Waals surface area contributed by atoms with Crippen LogP contribution in [0, 0.1) is 5.82 Å². The minimum absolute atomic E-state index is 0.00649. The SMILES string of the molecule is O=c1cc(Cl)[nH]c(=O)n1CCc1cccc(F)c1. The van der Waals surface area contributed by atoms with E-state index in [-0.39, 0.29) is 17.5 Å². The summed E-state index contributed by atoms with van der Waals surface area (Å²) in [7, 11) is 0.